The Balaban J connectivity index is 1.59. The Morgan fingerprint density at radius 3 is 2.15 bits per heavy atom. The number of hydrogen-bond acceptors (Lipinski definition) is 4. The van der Waals surface area contributed by atoms with Gasteiger partial charge in [-0.25, -0.2) is 0 Å². The average molecular weight is 280 g/mol. The molecule has 20 heavy (non-hydrogen) atoms. The molecule has 3 fully saturated rings. The van der Waals surface area contributed by atoms with Gasteiger partial charge in [0.05, 0.1) is 11.5 Å². The molecule has 3 rings (SSSR count). The molecule has 1 saturated carbocycles. The maximum atomic E-state index is 12.5. The summed E-state index contributed by atoms with van der Waals surface area (Å²) >= 11 is 0. The maximum Gasteiger partial charge on any atom is 0.171 e. The number of carbonyl (C=O) groups excluding carboxylic acids is 1. The Hall–Kier alpha value is -0.450. The van der Waals surface area contributed by atoms with Crippen LogP contribution in [0.1, 0.15) is 40.5 Å². The van der Waals surface area contributed by atoms with E-state index >= 15 is 0 Å². The number of carbonyl (C=O) groups is 1. The average Bonchev–Trinajstić information content (AvgIpc) is 3.16. The first-order chi connectivity index (χ1) is 9.29. The zero-order valence-electron chi connectivity index (χ0n) is 13.3. The first kappa shape index (κ1) is 14.5. The second kappa shape index (κ2) is 4.79. The van der Waals surface area contributed by atoms with Crippen LogP contribution in [-0.4, -0.2) is 65.6 Å². The van der Waals surface area contributed by atoms with E-state index < -0.39 is 5.60 Å². The van der Waals surface area contributed by atoms with E-state index in [4.69, 9.17) is 4.74 Å². The lowest BCUT2D eigenvalue weighted by atomic mass is 9.85. The normalized spacial score (nSPS) is 34.6. The monoisotopic (exact) mass is 280 g/mol. The van der Waals surface area contributed by atoms with Crippen LogP contribution in [0.4, 0.5) is 0 Å². The second-order valence-corrected chi connectivity index (χ2v) is 7.70. The predicted octanol–water partition coefficient (Wildman–Crippen LogP) is 1.54. The van der Waals surface area contributed by atoms with Gasteiger partial charge in [0.1, 0.15) is 5.60 Å². The first-order valence-electron chi connectivity index (χ1n) is 8.00. The number of ether oxygens (including phenoxy) is 1. The minimum Gasteiger partial charge on any atom is -0.361 e. The smallest absolute Gasteiger partial charge is 0.171 e. The summed E-state index contributed by atoms with van der Waals surface area (Å²) in [5, 5.41) is 0. The topological polar surface area (TPSA) is 32.8 Å². The molecule has 0 N–H and O–H groups in total. The van der Waals surface area contributed by atoms with Gasteiger partial charge in [-0.3, -0.25) is 14.6 Å². The van der Waals surface area contributed by atoms with Gasteiger partial charge in [0.25, 0.3) is 0 Å². The van der Waals surface area contributed by atoms with Crippen molar-refractivity contribution in [1.82, 2.24) is 9.80 Å². The standard InChI is InChI=1S/C16H28N2O2/c1-15(2)13(14(19)16(3,4)20-15)11-17-7-9-18(10-8-17)12-5-6-12/h12-13H,5-11H2,1-4H3. The fraction of sp³-hybridized carbons (Fsp3) is 0.938. The van der Waals surface area contributed by atoms with Crippen LogP contribution in [0.25, 0.3) is 0 Å². The number of rotatable bonds is 3. The summed E-state index contributed by atoms with van der Waals surface area (Å²) in [6.45, 7) is 13.3. The van der Waals surface area contributed by atoms with E-state index in [0.29, 0.717) is 0 Å². The molecule has 2 heterocycles. The van der Waals surface area contributed by atoms with Crippen molar-refractivity contribution in [2.24, 2.45) is 5.92 Å². The van der Waals surface area contributed by atoms with Crippen molar-refractivity contribution in [3.63, 3.8) is 0 Å². The van der Waals surface area contributed by atoms with Gasteiger partial charge in [-0.15, -0.1) is 0 Å². The number of hydrogen-bond donors (Lipinski definition) is 0. The molecule has 1 unspecified atom stereocenters. The lowest BCUT2D eigenvalue weighted by Crippen LogP contribution is -2.50. The minimum absolute atomic E-state index is 0.00461. The Kier molecular flexibility index (Phi) is 3.47. The van der Waals surface area contributed by atoms with E-state index in [1.54, 1.807) is 0 Å². The van der Waals surface area contributed by atoms with Crippen LogP contribution in [-0.2, 0) is 9.53 Å². The number of nitrogens with zero attached hydrogens (tertiary/aromatic N) is 2. The molecule has 0 aromatic rings. The van der Waals surface area contributed by atoms with Gasteiger partial charge < -0.3 is 4.74 Å². The van der Waals surface area contributed by atoms with Gasteiger partial charge in [-0.05, 0) is 40.5 Å². The number of piperazine rings is 1. The Bertz CT molecular complexity index is 393. The molecule has 114 valence electrons. The third-order valence-corrected chi connectivity index (χ3v) is 5.18. The summed E-state index contributed by atoms with van der Waals surface area (Å²) in [6, 6.07) is 0.865. The van der Waals surface area contributed by atoms with E-state index in [1.807, 2.05) is 13.8 Å². The highest BCUT2D eigenvalue weighted by Gasteiger charge is 2.53. The lowest BCUT2D eigenvalue weighted by molar-refractivity contribution is -0.132. The Morgan fingerprint density at radius 1 is 1.10 bits per heavy atom. The fourth-order valence-electron chi connectivity index (χ4n) is 3.83. The van der Waals surface area contributed by atoms with Crippen molar-refractivity contribution < 1.29 is 9.53 Å². The molecular weight excluding hydrogens is 252 g/mol. The van der Waals surface area contributed by atoms with Crippen LogP contribution in [0, 0.1) is 5.92 Å². The zero-order valence-corrected chi connectivity index (χ0v) is 13.3. The second-order valence-electron chi connectivity index (χ2n) is 7.70. The third kappa shape index (κ3) is 2.66. The first-order valence-corrected chi connectivity index (χ1v) is 8.00. The molecule has 0 radical (unpaired) electrons. The van der Waals surface area contributed by atoms with Crippen molar-refractivity contribution in [1.29, 1.82) is 0 Å². The fourth-order valence-corrected chi connectivity index (χ4v) is 3.83. The highest BCUT2D eigenvalue weighted by atomic mass is 16.5. The molecule has 4 heteroatoms. The van der Waals surface area contributed by atoms with Crippen LogP contribution in [0.2, 0.25) is 0 Å². The summed E-state index contributed by atoms with van der Waals surface area (Å²) in [6.07, 6.45) is 2.77. The van der Waals surface area contributed by atoms with Crippen LogP contribution in [0.5, 0.6) is 0 Å². The van der Waals surface area contributed by atoms with E-state index in [1.165, 1.54) is 12.8 Å². The van der Waals surface area contributed by atoms with Crippen LogP contribution in [0.3, 0.4) is 0 Å². The van der Waals surface area contributed by atoms with Gasteiger partial charge in [0.15, 0.2) is 5.78 Å². The molecule has 0 aromatic carbocycles. The molecule has 1 atom stereocenters. The Labute approximate surface area is 122 Å². The van der Waals surface area contributed by atoms with Crippen molar-refractivity contribution in [2.45, 2.75) is 57.8 Å². The summed E-state index contributed by atoms with van der Waals surface area (Å²) in [5.74, 6) is 0.275. The van der Waals surface area contributed by atoms with Gasteiger partial charge in [0.2, 0.25) is 0 Å². The third-order valence-electron chi connectivity index (χ3n) is 5.18. The zero-order chi connectivity index (χ0) is 14.5. The van der Waals surface area contributed by atoms with E-state index in [0.717, 1.165) is 38.8 Å². The van der Waals surface area contributed by atoms with Gasteiger partial charge in [0, 0.05) is 38.8 Å². The Morgan fingerprint density at radius 2 is 1.70 bits per heavy atom. The van der Waals surface area contributed by atoms with Crippen LogP contribution < -0.4 is 0 Å². The molecule has 2 saturated heterocycles. The SMILES string of the molecule is CC1(C)OC(C)(C)C(CN2CCN(C3CC3)CC2)C1=O. The van der Waals surface area contributed by atoms with Crippen molar-refractivity contribution in [2.75, 3.05) is 32.7 Å². The molecule has 0 bridgehead atoms. The molecule has 0 spiro atoms. The van der Waals surface area contributed by atoms with Crippen LogP contribution >= 0.6 is 0 Å². The molecule has 1 aliphatic carbocycles. The predicted molar refractivity (Wildman–Crippen MR) is 78.8 cm³/mol. The van der Waals surface area contributed by atoms with E-state index in [2.05, 4.69) is 23.6 Å². The quantitative estimate of drug-likeness (QED) is 0.785. The number of Topliss-reactive ketones (excluding diaryl/α,β-unsaturated/α-hetero) is 1. The van der Waals surface area contributed by atoms with Gasteiger partial charge in [-0.1, -0.05) is 0 Å². The van der Waals surface area contributed by atoms with E-state index in [9.17, 15) is 4.79 Å². The number of ketones is 1. The lowest BCUT2D eigenvalue weighted by Gasteiger charge is -2.37. The molecule has 0 aromatic heterocycles. The largest absolute Gasteiger partial charge is 0.361 e. The molecular formula is C16H28N2O2. The van der Waals surface area contributed by atoms with Crippen molar-refractivity contribution in [3.05, 3.63) is 0 Å². The highest BCUT2D eigenvalue weighted by molar-refractivity contribution is 5.91. The highest BCUT2D eigenvalue weighted by Crippen LogP contribution is 2.39. The summed E-state index contributed by atoms with van der Waals surface area (Å²) in [5.41, 5.74) is -0.960. The van der Waals surface area contributed by atoms with Gasteiger partial charge in [-0.2, -0.15) is 0 Å². The summed E-state index contributed by atoms with van der Waals surface area (Å²) in [4.78, 5) is 17.6. The van der Waals surface area contributed by atoms with Gasteiger partial charge >= 0.3 is 0 Å². The van der Waals surface area contributed by atoms with Crippen molar-refractivity contribution in [3.8, 4) is 0 Å². The summed E-state index contributed by atoms with van der Waals surface area (Å²) in [7, 11) is 0. The molecule has 3 aliphatic rings. The summed E-state index contributed by atoms with van der Waals surface area (Å²) < 4.78 is 5.99. The molecule has 4 nitrogen and oxygen atoms in total. The minimum atomic E-state index is -0.621. The molecule has 0 amide bonds. The molecule has 2 aliphatic heterocycles. The van der Waals surface area contributed by atoms with Crippen LogP contribution in [0.15, 0.2) is 0 Å². The van der Waals surface area contributed by atoms with E-state index in [-0.39, 0.29) is 17.3 Å². The maximum absolute atomic E-state index is 12.5. The van der Waals surface area contributed by atoms with Crippen molar-refractivity contribution >= 4 is 5.78 Å².